The van der Waals surface area contributed by atoms with Crippen LogP contribution < -0.4 is 9.62 Å². The van der Waals surface area contributed by atoms with E-state index in [-0.39, 0.29) is 39.1 Å². The highest BCUT2D eigenvalue weighted by Crippen LogP contribution is 2.31. The number of carbonyl (C=O) groups excluding carboxylic acids is 2. The van der Waals surface area contributed by atoms with Crippen LogP contribution >= 0.6 is 23.2 Å². The van der Waals surface area contributed by atoms with Crippen LogP contribution in [0.3, 0.4) is 0 Å². The minimum atomic E-state index is -4.20. The van der Waals surface area contributed by atoms with Crippen molar-refractivity contribution in [1.82, 2.24) is 10.2 Å². The van der Waals surface area contributed by atoms with Gasteiger partial charge in [-0.25, -0.2) is 8.42 Å². The number of amides is 2. The lowest BCUT2D eigenvalue weighted by molar-refractivity contribution is -0.140. The predicted octanol–water partition coefficient (Wildman–Crippen LogP) is 6.53. The van der Waals surface area contributed by atoms with E-state index < -0.39 is 28.5 Å². The normalized spacial score (nSPS) is 12.9. The monoisotopic (exact) mass is 617 g/mol. The molecule has 1 N–H and O–H groups in total. The summed E-state index contributed by atoms with van der Waals surface area (Å²) in [6.45, 7) is 9.08. The fourth-order valence-electron chi connectivity index (χ4n) is 4.34. The van der Waals surface area contributed by atoms with Gasteiger partial charge >= 0.3 is 0 Å². The average molecular weight is 619 g/mol. The van der Waals surface area contributed by atoms with Gasteiger partial charge in [0, 0.05) is 12.6 Å². The summed E-state index contributed by atoms with van der Waals surface area (Å²) < 4.78 is 29.0. The van der Waals surface area contributed by atoms with Crippen molar-refractivity contribution in [1.29, 1.82) is 0 Å². The van der Waals surface area contributed by atoms with E-state index in [0.717, 1.165) is 27.4 Å². The van der Waals surface area contributed by atoms with Crippen LogP contribution in [-0.2, 0) is 26.2 Å². The molecule has 7 nitrogen and oxygen atoms in total. The number of nitrogens with one attached hydrogen (secondary N) is 1. The Balaban J connectivity index is 2.10. The van der Waals surface area contributed by atoms with Crippen LogP contribution in [0.5, 0.6) is 0 Å². The summed E-state index contributed by atoms with van der Waals surface area (Å²) in [5, 5.41) is 3.38. The minimum absolute atomic E-state index is 0.0222. The van der Waals surface area contributed by atoms with Crippen LogP contribution in [0.1, 0.15) is 50.3 Å². The number of nitrogens with zero attached hydrogens (tertiary/aromatic N) is 2. The fourth-order valence-corrected chi connectivity index (χ4v) is 6.04. The van der Waals surface area contributed by atoms with Crippen molar-refractivity contribution in [3.8, 4) is 0 Å². The van der Waals surface area contributed by atoms with Crippen molar-refractivity contribution in [2.45, 2.75) is 71.0 Å². The number of halogens is 2. The van der Waals surface area contributed by atoms with E-state index in [0.29, 0.717) is 6.42 Å². The van der Waals surface area contributed by atoms with Gasteiger partial charge in [0.1, 0.15) is 12.6 Å². The van der Waals surface area contributed by atoms with E-state index in [1.54, 1.807) is 12.1 Å². The molecule has 0 aliphatic heterocycles. The SMILES string of the molecule is CC[C@H](C)NC(=O)[C@H](CC)N(Cc1ccccc1C)C(=O)CN(c1ccc(Cl)c(Cl)c1)S(=O)(=O)c1ccc(C)cc1. The van der Waals surface area contributed by atoms with Gasteiger partial charge < -0.3 is 10.2 Å². The summed E-state index contributed by atoms with van der Waals surface area (Å²) in [7, 11) is -4.20. The molecule has 0 bridgehead atoms. The van der Waals surface area contributed by atoms with Gasteiger partial charge in [-0.3, -0.25) is 13.9 Å². The Bertz CT molecular complexity index is 1480. The molecule has 0 aliphatic rings. The van der Waals surface area contributed by atoms with Crippen LogP contribution in [0.25, 0.3) is 0 Å². The predicted molar refractivity (Wildman–Crippen MR) is 166 cm³/mol. The van der Waals surface area contributed by atoms with Gasteiger partial charge in [-0.1, -0.05) is 79.0 Å². The molecule has 2 atom stereocenters. The third-order valence-electron chi connectivity index (χ3n) is 7.07. The third-order valence-corrected chi connectivity index (χ3v) is 9.60. The van der Waals surface area contributed by atoms with Gasteiger partial charge in [0.2, 0.25) is 11.8 Å². The quantitative estimate of drug-likeness (QED) is 0.250. The zero-order valence-electron chi connectivity index (χ0n) is 24.0. The summed E-state index contributed by atoms with van der Waals surface area (Å²) in [4.78, 5) is 29.0. The Morgan fingerprint density at radius 2 is 1.56 bits per heavy atom. The second-order valence-electron chi connectivity index (χ2n) is 10.1. The number of hydrogen-bond donors (Lipinski definition) is 1. The highest BCUT2D eigenvalue weighted by atomic mass is 35.5. The smallest absolute Gasteiger partial charge is 0.264 e. The largest absolute Gasteiger partial charge is 0.352 e. The summed E-state index contributed by atoms with van der Waals surface area (Å²) in [5.74, 6) is -0.813. The molecule has 10 heteroatoms. The van der Waals surface area contributed by atoms with E-state index in [1.165, 1.54) is 35.2 Å². The Hall–Kier alpha value is -3.07. The Morgan fingerprint density at radius 3 is 2.15 bits per heavy atom. The summed E-state index contributed by atoms with van der Waals surface area (Å²) in [6, 6.07) is 17.5. The van der Waals surface area contributed by atoms with Crippen LogP contribution in [0.15, 0.2) is 71.6 Å². The van der Waals surface area contributed by atoms with Gasteiger partial charge in [-0.15, -0.1) is 0 Å². The topological polar surface area (TPSA) is 86.8 Å². The van der Waals surface area contributed by atoms with Crippen molar-refractivity contribution in [3.05, 3.63) is 93.5 Å². The lowest BCUT2D eigenvalue weighted by Crippen LogP contribution is -2.53. The standard InChI is InChI=1S/C31H37Cl2N3O4S/c1-6-23(5)34-31(38)29(7-2)35(19-24-11-9-8-10-22(24)4)30(37)20-36(25-14-17-27(32)28(33)18-25)41(39,40)26-15-12-21(3)13-16-26/h8-18,23,29H,6-7,19-20H2,1-5H3,(H,34,38)/t23-,29-/m0/s1. The maximum atomic E-state index is 14.2. The zero-order valence-corrected chi connectivity index (χ0v) is 26.4. The first-order valence-electron chi connectivity index (χ1n) is 13.6. The molecular formula is C31H37Cl2N3O4S. The first kappa shape index (κ1) is 32.4. The van der Waals surface area contributed by atoms with Crippen molar-refractivity contribution >= 4 is 50.7 Å². The molecule has 0 aromatic heterocycles. The van der Waals surface area contributed by atoms with Crippen LogP contribution in [-0.4, -0.2) is 43.8 Å². The van der Waals surface area contributed by atoms with E-state index in [4.69, 9.17) is 23.2 Å². The molecular weight excluding hydrogens is 581 g/mol. The second kappa shape index (κ2) is 14.2. The van der Waals surface area contributed by atoms with Gasteiger partial charge in [-0.05, 0) is 75.1 Å². The second-order valence-corrected chi connectivity index (χ2v) is 12.8. The molecule has 2 amide bonds. The van der Waals surface area contributed by atoms with Crippen molar-refractivity contribution < 1.29 is 18.0 Å². The lowest BCUT2D eigenvalue weighted by Gasteiger charge is -2.34. The third kappa shape index (κ3) is 8.03. The number of benzene rings is 3. The van der Waals surface area contributed by atoms with E-state index in [9.17, 15) is 18.0 Å². The molecule has 3 aromatic carbocycles. The molecule has 3 rings (SSSR count). The summed E-state index contributed by atoms with van der Waals surface area (Å²) in [6.07, 6.45) is 1.07. The molecule has 0 aliphatic carbocycles. The van der Waals surface area contributed by atoms with Crippen molar-refractivity contribution in [2.24, 2.45) is 0 Å². The first-order valence-corrected chi connectivity index (χ1v) is 15.8. The molecule has 0 radical (unpaired) electrons. The Labute approximate surface area is 253 Å². The van der Waals surface area contributed by atoms with Crippen molar-refractivity contribution in [2.75, 3.05) is 10.8 Å². The molecule has 0 spiro atoms. The van der Waals surface area contributed by atoms with Crippen LogP contribution in [0.2, 0.25) is 10.0 Å². The number of sulfonamides is 1. The highest BCUT2D eigenvalue weighted by Gasteiger charge is 2.34. The van der Waals surface area contributed by atoms with E-state index in [1.807, 2.05) is 58.9 Å². The molecule has 0 saturated heterocycles. The number of aryl methyl sites for hydroxylation is 2. The Kier molecular flexibility index (Phi) is 11.2. The van der Waals surface area contributed by atoms with Gasteiger partial charge in [0.05, 0.1) is 20.6 Å². The molecule has 220 valence electrons. The number of carbonyl (C=O) groups is 2. The molecule has 3 aromatic rings. The van der Waals surface area contributed by atoms with E-state index in [2.05, 4.69) is 5.32 Å². The fraction of sp³-hybridized carbons (Fsp3) is 0.355. The summed E-state index contributed by atoms with van der Waals surface area (Å²) >= 11 is 12.4. The summed E-state index contributed by atoms with van der Waals surface area (Å²) in [5.41, 5.74) is 2.89. The molecule has 0 fully saturated rings. The highest BCUT2D eigenvalue weighted by molar-refractivity contribution is 7.92. The maximum Gasteiger partial charge on any atom is 0.264 e. The maximum absolute atomic E-state index is 14.2. The van der Waals surface area contributed by atoms with Gasteiger partial charge in [0.15, 0.2) is 0 Å². The van der Waals surface area contributed by atoms with Gasteiger partial charge in [-0.2, -0.15) is 0 Å². The molecule has 0 saturated carbocycles. The van der Waals surface area contributed by atoms with Gasteiger partial charge in [0.25, 0.3) is 10.0 Å². The minimum Gasteiger partial charge on any atom is -0.352 e. The van der Waals surface area contributed by atoms with E-state index >= 15 is 0 Å². The molecule has 41 heavy (non-hydrogen) atoms. The number of hydrogen-bond acceptors (Lipinski definition) is 4. The Morgan fingerprint density at radius 1 is 0.902 bits per heavy atom. The average Bonchev–Trinajstić information content (AvgIpc) is 2.94. The number of anilines is 1. The number of rotatable bonds is 12. The molecule has 0 heterocycles. The van der Waals surface area contributed by atoms with Crippen molar-refractivity contribution in [3.63, 3.8) is 0 Å². The lowest BCUT2D eigenvalue weighted by atomic mass is 10.1. The first-order chi connectivity index (χ1) is 19.4. The van der Waals surface area contributed by atoms with Crippen LogP contribution in [0.4, 0.5) is 5.69 Å². The zero-order chi connectivity index (χ0) is 30.3. The molecule has 0 unspecified atom stereocenters. The van der Waals surface area contributed by atoms with Crippen LogP contribution in [0, 0.1) is 13.8 Å².